The maximum Gasteiger partial charge on any atom is 0.122 e. The minimum Gasteiger partial charge on any atom is -0.493 e. The Hall–Kier alpha value is -0.870. The highest BCUT2D eigenvalue weighted by atomic mass is 32.2. The largest absolute Gasteiger partial charge is 0.493 e. The fourth-order valence-electron chi connectivity index (χ4n) is 2.44. The molecule has 0 radical (unpaired) electrons. The van der Waals surface area contributed by atoms with Crippen LogP contribution in [0.1, 0.15) is 11.1 Å². The highest BCUT2D eigenvalue weighted by Gasteiger charge is 2.19. The van der Waals surface area contributed by atoms with Crippen LogP contribution in [0.3, 0.4) is 0 Å². The van der Waals surface area contributed by atoms with Gasteiger partial charge < -0.3 is 10.1 Å². The molecule has 2 aliphatic heterocycles. The van der Waals surface area contributed by atoms with Crippen LogP contribution in [0.15, 0.2) is 18.2 Å². The van der Waals surface area contributed by atoms with Gasteiger partial charge in [0.15, 0.2) is 0 Å². The lowest BCUT2D eigenvalue weighted by molar-refractivity contribution is 0.357. The van der Waals surface area contributed by atoms with Gasteiger partial charge in [-0.1, -0.05) is 12.1 Å². The number of ether oxygens (including phenoxy) is 1. The van der Waals surface area contributed by atoms with Crippen molar-refractivity contribution < 1.29 is 8.95 Å². The minimum absolute atomic E-state index is 0.638. The molecule has 2 heterocycles. The standard InChI is InChI=1S/C14H19NO2S/c16-18(10-12-8-15-9-12)6-4-11-1-2-14-13(7-11)3-5-17-14/h1-2,7,12,15H,3-6,8-10H2. The zero-order valence-electron chi connectivity index (χ0n) is 10.5. The smallest absolute Gasteiger partial charge is 0.122 e. The predicted molar refractivity (Wildman–Crippen MR) is 73.6 cm³/mol. The first-order chi connectivity index (χ1) is 8.81. The molecule has 0 spiro atoms. The molecule has 98 valence electrons. The Balaban J connectivity index is 1.51. The molecule has 1 aromatic rings. The SMILES string of the molecule is O=S(CCc1ccc2c(c1)CCO2)CC1CNC1. The van der Waals surface area contributed by atoms with Crippen molar-refractivity contribution in [1.82, 2.24) is 5.32 Å². The van der Waals surface area contributed by atoms with E-state index in [4.69, 9.17) is 4.74 Å². The second kappa shape index (κ2) is 5.41. The van der Waals surface area contributed by atoms with Crippen molar-refractivity contribution in [3.63, 3.8) is 0 Å². The van der Waals surface area contributed by atoms with E-state index < -0.39 is 10.8 Å². The molecule has 0 aromatic heterocycles. The van der Waals surface area contributed by atoms with Crippen LogP contribution in [-0.2, 0) is 23.6 Å². The molecular formula is C14H19NO2S. The molecular weight excluding hydrogens is 246 g/mol. The van der Waals surface area contributed by atoms with Crippen LogP contribution in [0.25, 0.3) is 0 Å². The number of nitrogens with one attached hydrogen (secondary N) is 1. The Labute approximate surface area is 110 Å². The number of aryl methyl sites for hydroxylation is 1. The quantitative estimate of drug-likeness (QED) is 0.867. The van der Waals surface area contributed by atoms with Crippen molar-refractivity contribution in [3.05, 3.63) is 29.3 Å². The molecule has 0 amide bonds. The van der Waals surface area contributed by atoms with Gasteiger partial charge in [0.25, 0.3) is 0 Å². The van der Waals surface area contributed by atoms with E-state index in [1.807, 2.05) is 0 Å². The van der Waals surface area contributed by atoms with Crippen molar-refractivity contribution in [1.29, 1.82) is 0 Å². The number of hydrogen-bond donors (Lipinski definition) is 1. The lowest BCUT2D eigenvalue weighted by atomic mass is 10.1. The van der Waals surface area contributed by atoms with Gasteiger partial charge in [-0.3, -0.25) is 4.21 Å². The summed E-state index contributed by atoms with van der Waals surface area (Å²) in [6, 6.07) is 6.37. The lowest BCUT2D eigenvalue weighted by Gasteiger charge is -2.26. The van der Waals surface area contributed by atoms with E-state index in [9.17, 15) is 4.21 Å². The fourth-order valence-corrected chi connectivity index (χ4v) is 3.83. The van der Waals surface area contributed by atoms with E-state index in [2.05, 4.69) is 23.5 Å². The Morgan fingerprint density at radius 3 is 3.06 bits per heavy atom. The monoisotopic (exact) mass is 265 g/mol. The summed E-state index contributed by atoms with van der Waals surface area (Å²) in [5, 5.41) is 3.22. The van der Waals surface area contributed by atoms with Gasteiger partial charge in [-0.2, -0.15) is 0 Å². The predicted octanol–water partition coefficient (Wildman–Crippen LogP) is 1.13. The van der Waals surface area contributed by atoms with Gasteiger partial charge >= 0.3 is 0 Å². The van der Waals surface area contributed by atoms with Crippen LogP contribution in [0, 0.1) is 5.92 Å². The summed E-state index contributed by atoms with van der Waals surface area (Å²) in [6.07, 6.45) is 1.93. The van der Waals surface area contributed by atoms with Gasteiger partial charge in [0.2, 0.25) is 0 Å². The van der Waals surface area contributed by atoms with Crippen molar-refractivity contribution in [2.75, 3.05) is 31.2 Å². The van der Waals surface area contributed by atoms with E-state index in [1.165, 1.54) is 11.1 Å². The van der Waals surface area contributed by atoms with E-state index in [0.29, 0.717) is 5.92 Å². The summed E-state index contributed by atoms with van der Waals surface area (Å²) in [7, 11) is -0.669. The molecule has 1 aromatic carbocycles. The van der Waals surface area contributed by atoms with Gasteiger partial charge in [0, 0.05) is 41.8 Å². The van der Waals surface area contributed by atoms with Gasteiger partial charge in [0.1, 0.15) is 5.75 Å². The third-order valence-corrected chi connectivity index (χ3v) is 5.16. The van der Waals surface area contributed by atoms with Crippen molar-refractivity contribution >= 4 is 10.8 Å². The zero-order valence-corrected chi connectivity index (χ0v) is 11.3. The van der Waals surface area contributed by atoms with Gasteiger partial charge in [0.05, 0.1) is 6.61 Å². The van der Waals surface area contributed by atoms with Crippen molar-refractivity contribution in [3.8, 4) is 5.75 Å². The first kappa shape index (κ1) is 12.2. The molecule has 1 fully saturated rings. The van der Waals surface area contributed by atoms with E-state index in [1.54, 1.807) is 0 Å². The van der Waals surface area contributed by atoms with Crippen LogP contribution >= 0.6 is 0 Å². The fraction of sp³-hybridized carbons (Fsp3) is 0.571. The molecule has 1 N–H and O–H groups in total. The molecule has 4 heteroatoms. The minimum atomic E-state index is -0.669. The van der Waals surface area contributed by atoms with Crippen LogP contribution in [-0.4, -0.2) is 35.4 Å². The van der Waals surface area contributed by atoms with E-state index in [-0.39, 0.29) is 0 Å². The summed E-state index contributed by atoms with van der Waals surface area (Å²) >= 11 is 0. The molecule has 1 atom stereocenters. The van der Waals surface area contributed by atoms with Crippen molar-refractivity contribution in [2.24, 2.45) is 5.92 Å². The van der Waals surface area contributed by atoms with Crippen LogP contribution < -0.4 is 10.1 Å². The summed E-state index contributed by atoms with van der Waals surface area (Å²) < 4.78 is 17.4. The molecule has 3 rings (SSSR count). The summed E-state index contributed by atoms with van der Waals surface area (Å²) in [6.45, 7) is 2.89. The third-order valence-electron chi connectivity index (χ3n) is 3.66. The van der Waals surface area contributed by atoms with E-state index >= 15 is 0 Å². The first-order valence-electron chi connectivity index (χ1n) is 6.61. The zero-order chi connectivity index (χ0) is 12.4. The number of rotatable bonds is 5. The number of benzene rings is 1. The van der Waals surface area contributed by atoms with Crippen LogP contribution in [0.5, 0.6) is 5.75 Å². The Kier molecular flexibility index (Phi) is 3.66. The molecule has 2 aliphatic rings. The van der Waals surface area contributed by atoms with Crippen molar-refractivity contribution in [2.45, 2.75) is 12.8 Å². The van der Waals surface area contributed by atoms with Gasteiger partial charge in [-0.05, 0) is 29.5 Å². The van der Waals surface area contributed by atoms with Gasteiger partial charge in [-0.15, -0.1) is 0 Å². The highest BCUT2D eigenvalue weighted by molar-refractivity contribution is 7.84. The molecule has 1 unspecified atom stereocenters. The first-order valence-corrected chi connectivity index (χ1v) is 8.10. The third kappa shape index (κ3) is 2.75. The summed E-state index contributed by atoms with van der Waals surface area (Å²) in [4.78, 5) is 0. The second-order valence-electron chi connectivity index (χ2n) is 5.13. The highest BCUT2D eigenvalue weighted by Crippen LogP contribution is 2.26. The summed E-state index contributed by atoms with van der Waals surface area (Å²) in [5.41, 5.74) is 2.60. The maximum atomic E-state index is 11.9. The lowest BCUT2D eigenvalue weighted by Crippen LogP contribution is -2.45. The average Bonchev–Trinajstić information content (AvgIpc) is 2.78. The number of hydrogen-bond acceptors (Lipinski definition) is 3. The average molecular weight is 265 g/mol. The van der Waals surface area contributed by atoms with E-state index in [0.717, 1.165) is 49.8 Å². The normalized spacial score (nSPS) is 20.0. The Morgan fingerprint density at radius 1 is 1.39 bits per heavy atom. The molecule has 18 heavy (non-hydrogen) atoms. The molecule has 0 aliphatic carbocycles. The maximum absolute atomic E-state index is 11.9. The Bertz CT molecular complexity index is 457. The van der Waals surface area contributed by atoms with Gasteiger partial charge in [-0.25, -0.2) is 0 Å². The number of fused-ring (bicyclic) bond motifs is 1. The Morgan fingerprint density at radius 2 is 2.28 bits per heavy atom. The second-order valence-corrected chi connectivity index (χ2v) is 6.75. The topological polar surface area (TPSA) is 38.3 Å². The molecule has 3 nitrogen and oxygen atoms in total. The molecule has 0 bridgehead atoms. The van der Waals surface area contributed by atoms with Crippen LogP contribution in [0.4, 0.5) is 0 Å². The summed E-state index contributed by atoms with van der Waals surface area (Å²) in [5.74, 6) is 3.32. The molecule has 1 saturated heterocycles. The van der Waals surface area contributed by atoms with Crippen LogP contribution in [0.2, 0.25) is 0 Å². The molecule has 0 saturated carbocycles.